The molecule has 0 aliphatic rings. The van der Waals surface area contributed by atoms with Gasteiger partial charge < -0.3 is 10.2 Å². The summed E-state index contributed by atoms with van der Waals surface area (Å²) in [6, 6.07) is 4.12. The molecule has 1 aromatic heterocycles. The summed E-state index contributed by atoms with van der Waals surface area (Å²) in [5.74, 6) is 0. The van der Waals surface area contributed by atoms with Crippen molar-refractivity contribution in [3.05, 3.63) is 24.0 Å². The van der Waals surface area contributed by atoms with Crippen molar-refractivity contribution in [2.75, 3.05) is 46.1 Å². The summed E-state index contributed by atoms with van der Waals surface area (Å²) < 4.78 is 0. The van der Waals surface area contributed by atoms with Gasteiger partial charge in [0.1, 0.15) is 0 Å². The average Bonchev–Trinajstić information content (AvgIpc) is 2.36. The van der Waals surface area contributed by atoms with E-state index in [-0.39, 0.29) is 0 Å². The lowest BCUT2D eigenvalue weighted by molar-refractivity contribution is 0.232. The second kappa shape index (κ2) is 8.06. The maximum atomic E-state index is 4.44. The molecule has 0 aliphatic heterocycles. The fraction of sp³-hybridized carbons (Fsp3) is 0.643. The zero-order valence-corrected chi connectivity index (χ0v) is 12.1. The van der Waals surface area contributed by atoms with E-state index in [4.69, 9.17) is 0 Å². The number of hydrogen-bond donors (Lipinski definition) is 1. The van der Waals surface area contributed by atoms with Crippen LogP contribution in [0.3, 0.4) is 0 Å². The number of rotatable bonds is 8. The molecule has 0 spiro atoms. The molecule has 0 bridgehead atoms. The first-order valence-corrected chi connectivity index (χ1v) is 6.65. The molecule has 0 atom stereocenters. The first kappa shape index (κ1) is 14.9. The fourth-order valence-electron chi connectivity index (χ4n) is 1.88. The third-order valence-electron chi connectivity index (χ3n) is 2.89. The first-order chi connectivity index (χ1) is 8.65. The smallest absolute Gasteiger partial charge is 0.0564 e. The molecule has 0 fully saturated rings. The quantitative estimate of drug-likeness (QED) is 0.763. The second-order valence-electron chi connectivity index (χ2n) is 4.87. The van der Waals surface area contributed by atoms with Gasteiger partial charge in [0.15, 0.2) is 0 Å². The summed E-state index contributed by atoms with van der Waals surface area (Å²) in [7, 11) is 6.17. The SMILES string of the molecule is CCCN(CCN(C)C)Cc1cc(NC)ccn1. The number of nitrogens with one attached hydrogen (secondary N) is 1. The Morgan fingerprint density at radius 2 is 2.00 bits per heavy atom. The van der Waals surface area contributed by atoms with E-state index in [9.17, 15) is 0 Å². The van der Waals surface area contributed by atoms with Crippen molar-refractivity contribution in [1.82, 2.24) is 14.8 Å². The molecule has 1 rings (SSSR count). The van der Waals surface area contributed by atoms with Gasteiger partial charge in [-0.3, -0.25) is 9.88 Å². The largest absolute Gasteiger partial charge is 0.388 e. The van der Waals surface area contributed by atoms with Crippen LogP contribution >= 0.6 is 0 Å². The first-order valence-electron chi connectivity index (χ1n) is 6.65. The summed E-state index contributed by atoms with van der Waals surface area (Å²) in [5.41, 5.74) is 2.26. The average molecular weight is 250 g/mol. The summed E-state index contributed by atoms with van der Waals surface area (Å²) in [4.78, 5) is 9.12. The Kier molecular flexibility index (Phi) is 6.68. The summed E-state index contributed by atoms with van der Waals surface area (Å²) in [6.45, 7) is 6.45. The fourth-order valence-corrected chi connectivity index (χ4v) is 1.88. The van der Waals surface area contributed by atoms with Crippen molar-refractivity contribution < 1.29 is 0 Å². The molecule has 0 saturated heterocycles. The molecule has 4 heteroatoms. The van der Waals surface area contributed by atoms with Gasteiger partial charge in [-0.15, -0.1) is 0 Å². The van der Waals surface area contributed by atoms with E-state index in [1.807, 2.05) is 19.3 Å². The molecule has 18 heavy (non-hydrogen) atoms. The molecule has 1 aromatic rings. The summed E-state index contributed by atoms with van der Waals surface area (Å²) in [5, 5.41) is 3.16. The Bertz CT molecular complexity index is 338. The van der Waals surface area contributed by atoms with E-state index in [1.165, 1.54) is 6.42 Å². The predicted molar refractivity (Wildman–Crippen MR) is 77.9 cm³/mol. The molecule has 102 valence electrons. The summed E-state index contributed by atoms with van der Waals surface area (Å²) in [6.07, 6.45) is 3.05. The Morgan fingerprint density at radius 1 is 1.22 bits per heavy atom. The highest BCUT2D eigenvalue weighted by Crippen LogP contribution is 2.09. The van der Waals surface area contributed by atoms with Crippen molar-refractivity contribution in [2.45, 2.75) is 19.9 Å². The molecule has 1 N–H and O–H groups in total. The molecule has 0 unspecified atom stereocenters. The van der Waals surface area contributed by atoms with Gasteiger partial charge in [0, 0.05) is 38.6 Å². The van der Waals surface area contributed by atoms with Crippen molar-refractivity contribution >= 4 is 5.69 Å². The Labute approximate surface area is 111 Å². The molecule has 0 aliphatic carbocycles. The summed E-state index contributed by atoms with van der Waals surface area (Å²) >= 11 is 0. The van der Waals surface area contributed by atoms with Gasteiger partial charge in [0.05, 0.1) is 5.69 Å². The minimum absolute atomic E-state index is 0.928. The highest BCUT2D eigenvalue weighted by Gasteiger charge is 2.06. The van der Waals surface area contributed by atoms with E-state index < -0.39 is 0 Å². The zero-order chi connectivity index (χ0) is 13.4. The van der Waals surface area contributed by atoms with Crippen LogP contribution < -0.4 is 5.32 Å². The van der Waals surface area contributed by atoms with Crippen LogP contribution in [0.25, 0.3) is 0 Å². The van der Waals surface area contributed by atoms with E-state index in [1.54, 1.807) is 0 Å². The topological polar surface area (TPSA) is 31.4 Å². The standard InChI is InChI=1S/C14H26N4/c1-5-8-18(10-9-17(3)4)12-14-11-13(15-2)6-7-16-14/h6-7,11H,5,8-10,12H2,1-4H3,(H,15,16). The van der Waals surface area contributed by atoms with Crippen LogP contribution in [0.1, 0.15) is 19.0 Å². The van der Waals surface area contributed by atoms with E-state index in [2.05, 4.69) is 47.2 Å². The lowest BCUT2D eigenvalue weighted by Gasteiger charge is -2.23. The van der Waals surface area contributed by atoms with Crippen LogP contribution in [0.4, 0.5) is 5.69 Å². The Morgan fingerprint density at radius 3 is 2.61 bits per heavy atom. The molecule has 0 radical (unpaired) electrons. The van der Waals surface area contributed by atoms with E-state index >= 15 is 0 Å². The minimum Gasteiger partial charge on any atom is -0.388 e. The normalized spacial score (nSPS) is 11.2. The molecule has 0 saturated carbocycles. The van der Waals surface area contributed by atoms with Crippen LogP contribution in [0.15, 0.2) is 18.3 Å². The highest BCUT2D eigenvalue weighted by molar-refractivity contribution is 5.42. The van der Waals surface area contributed by atoms with E-state index in [0.717, 1.165) is 37.6 Å². The Balaban J connectivity index is 2.57. The van der Waals surface area contributed by atoms with Gasteiger partial charge in [0.2, 0.25) is 0 Å². The number of anilines is 1. The number of nitrogens with zero attached hydrogens (tertiary/aromatic N) is 3. The van der Waals surface area contributed by atoms with Crippen molar-refractivity contribution in [3.8, 4) is 0 Å². The molecular weight excluding hydrogens is 224 g/mol. The molecule has 0 amide bonds. The second-order valence-corrected chi connectivity index (χ2v) is 4.87. The lowest BCUT2D eigenvalue weighted by atomic mass is 10.3. The number of pyridine rings is 1. The van der Waals surface area contributed by atoms with Gasteiger partial charge in [-0.1, -0.05) is 6.92 Å². The van der Waals surface area contributed by atoms with Crippen LogP contribution in [-0.2, 0) is 6.54 Å². The van der Waals surface area contributed by atoms with E-state index in [0.29, 0.717) is 0 Å². The number of aromatic nitrogens is 1. The maximum Gasteiger partial charge on any atom is 0.0564 e. The minimum atomic E-state index is 0.928. The highest BCUT2D eigenvalue weighted by atomic mass is 15.2. The van der Waals surface area contributed by atoms with Gasteiger partial charge in [-0.05, 0) is 39.2 Å². The predicted octanol–water partition coefficient (Wildman–Crippen LogP) is 1.90. The van der Waals surface area contributed by atoms with Crippen molar-refractivity contribution in [1.29, 1.82) is 0 Å². The molecule has 4 nitrogen and oxygen atoms in total. The lowest BCUT2D eigenvalue weighted by Crippen LogP contribution is -2.32. The van der Waals surface area contributed by atoms with Gasteiger partial charge in [0.25, 0.3) is 0 Å². The van der Waals surface area contributed by atoms with Gasteiger partial charge in [-0.2, -0.15) is 0 Å². The molecule has 1 heterocycles. The van der Waals surface area contributed by atoms with Crippen LogP contribution in [-0.4, -0.2) is 55.6 Å². The van der Waals surface area contributed by atoms with Gasteiger partial charge in [-0.25, -0.2) is 0 Å². The number of likely N-dealkylation sites (N-methyl/N-ethyl adjacent to an activating group) is 1. The van der Waals surface area contributed by atoms with Crippen molar-refractivity contribution in [2.24, 2.45) is 0 Å². The molecule has 0 aromatic carbocycles. The van der Waals surface area contributed by atoms with Gasteiger partial charge >= 0.3 is 0 Å². The maximum absolute atomic E-state index is 4.44. The van der Waals surface area contributed by atoms with Crippen LogP contribution in [0.2, 0.25) is 0 Å². The third kappa shape index (κ3) is 5.47. The zero-order valence-electron chi connectivity index (χ0n) is 12.1. The number of hydrogen-bond acceptors (Lipinski definition) is 4. The molecular formula is C14H26N4. The monoisotopic (exact) mass is 250 g/mol. The Hall–Kier alpha value is -1.13. The van der Waals surface area contributed by atoms with Crippen LogP contribution in [0, 0.1) is 0 Å². The van der Waals surface area contributed by atoms with Crippen molar-refractivity contribution in [3.63, 3.8) is 0 Å². The third-order valence-corrected chi connectivity index (χ3v) is 2.89. The van der Waals surface area contributed by atoms with Crippen LogP contribution in [0.5, 0.6) is 0 Å².